The van der Waals surface area contributed by atoms with E-state index in [9.17, 15) is 4.79 Å². The Morgan fingerprint density at radius 3 is 3.04 bits per heavy atom. The Kier molecular flexibility index (Phi) is 4.91. The molecule has 0 saturated carbocycles. The predicted octanol–water partition coefficient (Wildman–Crippen LogP) is 3.07. The van der Waals surface area contributed by atoms with Gasteiger partial charge in [-0.1, -0.05) is 11.2 Å². The lowest BCUT2D eigenvalue weighted by Crippen LogP contribution is -2.36. The van der Waals surface area contributed by atoms with E-state index in [1.54, 1.807) is 18.6 Å². The van der Waals surface area contributed by atoms with Crippen molar-refractivity contribution >= 4 is 5.91 Å². The molecule has 138 valence electrons. The zero-order chi connectivity index (χ0) is 18.6. The first-order chi connectivity index (χ1) is 13.2. The van der Waals surface area contributed by atoms with Gasteiger partial charge in [-0.2, -0.15) is 4.98 Å². The molecule has 0 N–H and O–H groups in total. The van der Waals surface area contributed by atoms with Crippen molar-refractivity contribution in [2.45, 2.75) is 38.6 Å². The molecule has 1 atom stereocenters. The monoisotopic (exact) mass is 363 g/mol. The van der Waals surface area contributed by atoms with Crippen molar-refractivity contribution in [3.05, 3.63) is 59.8 Å². The fourth-order valence-electron chi connectivity index (χ4n) is 3.49. The van der Waals surface area contributed by atoms with Crippen molar-refractivity contribution in [2.24, 2.45) is 0 Å². The molecule has 4 rings (SSSR count). The molecular weight excluding hydrogens is 342 g/mol. The number of hydrogen-bond acceptors (Lipinski definition) is 6. The van der Waals surface area contributed by atoms with Crippen molar-refractivity contribution in [2.75, 3.05) is 6.54 Å². The van der Waals surface area contributed by atoms with Crippen LogP contribution >= 0.6 is 0 Å². The first-order valence-corrected chi connectivity index (χ1v) is 9.18. The Hall–Kier alpha value is -3.09. The highest BCUT2D eigenvalue weighted by molar-refractivity contribution is 5.95. The van der Waals surface area contributed by atoms with Gasteiger partial charge in [-0.15, -0.1) is 0 Å². The van der Waals surface area contributed by atoms with Gasteiger partial charge in [0.1, 0.15) is 5.69 Å². The van der Waals surface area contributed by atoms with Crippen molar-refractivity contribution in [3.8, 4) is 11.6 Å². The van der Waals surface area contributed by atoms with Gasteiger partial charge >= 0.3 is 0 Å². The highest BCUT2D eigenvalue weighted by Crippen LogP contribution is 2.25. The highest BCUT2D eigenvalue weighted by Gasteiger charge is 2.30. The van der Waals surface area contributed by atoms with E-state index in [0.29, 0.717) is 29.4 Å². The molecule has 1 aliphatic heterocycles. The van der Waals surface area contributed by atoms with Crippen LogP contribution in [0, 0.1) is 6.92 Å². The molecule has 0 aromatic carbocycles. The van der Waals surface area contributed by atoms with Crippen LogP contribution in [0.5, 0.6) is 0 Å². The van der Waals surface area contributed by atoms with Crippen LogP contribution in [0.3, 0.4) is 0 Å². The number of nitrogens with zero attached hydrogens (tertiary/aromatic N) is 5. The van der Waals surface area contributed by atoms with Crippen LogP contribution in [-0.4, -0.2) is 43.5 Å². The molecule has 1 amide bonds. The minimum Gasteiger partial charge on any atom is -0.336 e. The molecule has 1 unspecified atom stereocenters. The van der Waals surface area contributed by atoms with Crippen LogP contribution in [0.4, 0.5) is 0 Å². The summed E-state index contributed by atoms with van der Waals surface area (Å²) >= 11 is 0. The van der Waals surface area contributed by atoms with Gasteiger partial charge in [-0.05, 0) is 49.9 Å². The van der Waals surface area contributed by atoms with Crippen LogP contribution in [0.15, 0.2) is 47.4 Å². The lowest BCUT2D eigenvalue weighted by atomic mass is 10.1. The highest BCUT2D eigenvalue weighted by atomic mass is 16.5. The maximum absolute atomic E-state index is 12.9. The SMILES string of the molecule is Cc1ccncc1C(=O)N1CCCC1CCc1noc(-c2ccccn2)n1. The minimum atomic E-state index is 0.0605. The van der Waals surface area contributed by atoms with Gasteiger partial charge in [0.2, 0.25) is 0 Å². The predicted molar refractivity (Wildman–Crippen MR) is 98.9 cm³/mol. The van der Waals surface area contributed by atoms with Gasteiger partial charge in [0.15, 0.2) is 5.82 Å². The van der Waals surface area contributed by atoms with Crippen molar-refractivity contribution in [3.63, 3.8) is 0 Å². The number of hydrogen-bond donors (Lipinski definition) is 0. The topological polar surface area (TPSA) is 85.0 Å². The molecular formula is C20H21N5O2. The van der Waals surface area contributed by atoms with Crippen molar-refractivity contribution < 1.29 is 9.32 Å². The third-order valence-corrected chi connectivity index (χ3v) is 4.96. The quantitative estimate of drug-likeness (QED) is 0.692. The summed E-state index contributed by atoms with van der Waals surface area (Å²) in [6.45, 7) is 2.72. The summed E-state index contributed by atoms with van der Waals surface area (Å²) in [7, 11) is 0. The summed E-state index contributed by atoms with van der Waals surface area (Å²) in [5.74, 6) is 1.13. The first kappa shape index (κ1) is 17.3. The summed E-state index contributed by atoms with van der Waals surface area (Å²) in [4.78, 5) is 27.6. The molecule has 0 bridgehead atoms. The average molecular weight is 363 g/mol. The van der Waals surface area contributed by atoms with Crippen molar-refractivity contribution in [1.82, 2.24) is 25.0 Å². The number of amides is 1. The Morgan fingerprint density at radius 1 is 1.30 bits per heavy atom. The van der Waals surface area contributed by atoms with E-state index < -0.39 is 0 Å². The third-order valence-electron chi connectivity index (χ3n) is 4.96. The van der Waals surface area contributed by atoms with Gasteiger partial charge in [-0.25, -0.2) is 0 Å². The molecule has 1 saturated heterocycles. The molecule has 0 radical (unpaired) electrons. The van der Waals surface area contributed by atoms with Gasteiger partial charge in [0, 0.05) is 37.6 Å². The number of carbonyl (C=O) groups is 1. The smallest absolute Gasteiger partial charge is 0.276 e. The number of carbonyl (C=O) groups excluding carboxylic acids is 1. The summed E-state index contributed by atoms with van der Waals surface area (Å²) < 4.78 is 5.31. The molecule has 1 aliphatic rings. The van der Waals surface area contributed by atoms with Crippen molar-refractivity contribution in [1.29, 1.82) is 0 Å². The summed E-state index contributed by atoms with van der Waals surface area (Å²) in [5.41, 5.74) is 2.31. The van der Waals surface area contributed by atoms with Crippen LogP contribution in [0.2, 0.25) is 0 Å². The third kappa shape index (κ3) is 3.72. The molecule has 0 aliphatic carbocycles. The fraction of sp³-hybridized carbons (Fsp3) is 0.350. The fourth-order valence-corrected chi connectivity index (χ4v) is 3.49. The zero-order valence-corrected chi connectivity index (χ0v) is 15.2. The summed E-state index contributed by atoms with van der Waals surface area (Å²) in [5, 5.41) is 4.06. The van der Waals surface area contributed by atoms with Gasteiger partial charge in [0.25, 0.3) is 11.8 Å². The minimum absolute atomic E-state index is 0.0605. The van der Waals surface area contributed by atoms with Crippen LogP contribution in [-0.2, 0) is 6.42 Å². The molecule has 3 aromatic heterocycles. The summed E-state index contributed by atoms with van der Waals surface area (Å²) in [6.07, 6.45) is 8.55. The zero-order valence-electron chi connectivity index (χ0n) is 15.2. The van der Waals surface area contributed by atoms with Crippen LogP contribution < -0.4 is 0 Å². The summed E-state index contributed by atoms with van der Waals surface area (Å²) in [6, 6.07) is 7.63. The molecule has 4 heterocycles. The Labute approximate surface area is 157 Å². The van der Waals surface area contributed by atoms with E-state index in [0.717, 1.165) is 31.4 Å². The van der Waals surface area contributed by atoms with E-state index in [1.807, 2.05) is 36.1 Å². The standard InChI is InChI=1S/C20H21N5O2/c1-14-9-11-21-13-16(14)20(26)25-12-4-5-15(25)7-8-18-23-19(27-24-18)17-6-2-3-10-22-17/h2-3,6,9-11,13,15H,4-5,7-8,12H2,1H3. The second-order valence-corrected chi connectivity index (χ2v) is 6.75. The molecule has 7 nitrogen and oxygen atoms in total. The number of rotatable bonds is 5. The number of pyridine rings is 2. The van der Waals surface area contributed by atoms with Gasteiger partial charge in [0.05, 0.1) is 5.56 Å². The Bertz CT molecular complexity index is 925. The van der Waals surface area contributed by atoms with E-state index in [2.05, 4.69) is 20.1 Å². The van der Waals surface area contributed by atoms with Gasteiger partial charge < -0.3 is 9.42 Å². The van der Waals surface area contributed by atoms with E-state index in [1.165, 1.54) is 0 Å². The maximum atomic E-state index is 12.9. The van der Waals surface area contributed by atoms with E-state index in [-0.39, 0.29) is 11.9 Å². The number of likely N-dealkylation sites (tertiary alicyclic amines) is 1. The van der Waals surface area contributed by atoms with Gasteiger partial charge in [-0.3, -0.25) is 14.8 Å². The number of aromatic nitrogens is 4. The van der Waals surface area contributed by atoms with E-state index >= 15 is 0 Å². The van der Waals surface area contributed by atoms with Crippen LogP contribution in [0.1, 0.15) is 41.0 Å². The lowest BCUT2D eigenvalue weighted by Gasteiger charge is -2.25. The first-order valence-electron chi connectivity index (χ1n) is 9.18. The molecule has 7 heteroatoms. The second kappa shape index (κ2) is 7.65. The van der Waals surface area contributed by atoms with Crippen LogP contribution in [0.25, 0.3) is 11.6 Å². The lowest BCUT2D eigenvalue weighted by molar-refractivity contribution is 0.0729. The molecule has 27 heavy (non-hydrogen) atoms. The largest absolute Gasteiger partial charge is 0.336 e. The molecule has 1 fully saturated rings. The Balaban J connectivity index is 1.41. The molecule has 3 aromatic rings. The number of aryl methyl sites for hydroxylation is 2. The Morgan fingerprint density at radius 2 is 2.22 bits per heavy atom. The second-order valence-electron chi connectivity index (χ2n) is 6.75. The molecule has 0 spiro atoms. The van der Waals surface area contributed by atoms with E-state index in [4.69, 9.17) is 4.52 Å². The maximum Gasteiger partial charge on any atom is 0.276 e. The normalized spacial score (nSPS) is 16.6. The average Bonchev–Trinajstić information content (AvgIpc) is 3.36.